The van der Waals surface area contributed by atoms with E-state index in [1.165, 1.54) is 18.2 Å². The summed E-state index contributed by atoms with van der Waals surface area (Å²) >= 11 is 0. The van der Waals surface area contributed by atoms with Gasteiger partial charge >= 0.3 is 0 Å². The molecule has 0 unspecified atom stereocenters. The van der Waals surface area contributed by atoms with Gasteiger partial charge in [0.1, 0.15) is 21.2 Å². The lowest BCUT2D eigenvalue weighted by atomic mass is 10.1. The highest BCUT2D eigenvalue weighted by Crippen LogP contribution is 2.45. The first-order chi connectivity index (χ1) is 18.5. The second kappa shape index (κ2) is 10.2. The number of nitrogens with one attached hydrogen (secondary N) is 1. The van der Waals surface area contributed by atoms with Crippen molar-refractivity contribution in [2.24, 2.45) is 16.0 Å². The number of anilines is 1. The van der Waals surface area contributed by atoms with Gasteiger partial charge in [-0.25, -0.2) is 0 Å². The minimum atomic E-state index is -5.21. The molecule has 0 heterocycles. The summed E-state index contributed by atoms with van der Waals surface area (Å²) in [5.74, 6) is -1.92. The number of hydrogen-bond donors (Lipinski definition) is 6. The average Bonchev–Trinajstić information content (AvgIpc) is 2.85. The second-order valence-corrected chi connectivity index (χ2v) is 12.3. The fraction of sp³-hybridized carbons (Fsp3) is 0.0455. The highest BCUT2D eigenvalue weighted by Gasteiger charge is 2.26. The molecule has 0 radical (unpaired) electrons. The standard InChI is InChI=1S/C22H18N4O11S3/c23-10-18(27)24-16-9-13(38(29,30)31)7-12-8-17(39(32,33)34)20(21(28)19(12)16)26-25-15-6-5-11-3-1-2-4-14(11)22(15)40(35,36)37/h1-9,28H,10,23H2,(H,24,27)(H,29,30,31)(H,32,33,34)(H,35,36,37). The third kappa shape index (κ3) is 5.63. The molecule has 1 amide bonds. The maximum Gasteiger partial charge on any atom is 0.297 e. The van der Waals surface area contributed by atoms with Crippen molar-refractivity contribution in [1.29, 1.82) is 0 Å². The number of nitrogens with zero attached hydrogens (tertiary/aromatic N) is 2. The van der Waals surface area contributed by atoms with Crippen molar-refractivity contribution in [3.05, 3.63) is 54.6 Å². The van der Waals surface area contributed by atoms with Crippen LogP contribution in [-0.4, -0.2) is 56.5 Å². The first-order valence-corrected chi connectivity index (χ1v) is 15.0. The van der Waals surface area contributed by atoms with Crippen molar-refractivity contribution in [2.45, 2.75) is 14.7 Å². The van der Waals surface area contributed by atoms with Crippen LogP contribution in [0.5, 0.6) is 5.75 Å². The number of aromatic hydroxyl groups is 1. The van der Waals surface area contributed by atoms with Gasteiger partial charge in [0.2, 0.25) is 5.91 Å². The van der Waals surface area contributed by atoms with E-state index in [0.717, 1.165) is 18.2 Å². The van der Waals surface area contributed by atoms with E-state index in [1.54, 1.807) is 12.1 Å². The Hall–Kier alpha value is -4.04. The molecule has 0 saturated carbocycles. The van der Waals surface area contributed by atoms with Crippen LogP contribution in [0, 0.1) is 0 Å². The fourth-order valence-electron chi connectivity index (χ4n) is 3.89. The zero-order valence-electron chi connectivity index (χ0n) is 19.7. The van der Waals surface area contributed by atoms with E-state index in [-0.39, 0.29) is 5.39 Å². The molecule has 0 aliphatic rings. The van der Waals surface area contributed by atoms with Crippen molar-refractivity contribution < 1.29 is 48.8 Å². The molecule has 4 aromatic carbocycles. The topological polar surface area (TPSA) is 263 Å². The number of hydrogen-bond acceptors (Lipinski definition) is 11. The third-order valence-corrected chi connectivity index (χ3v) is 8.18. The predicted molar refractivity (Wildman–Crippen MR) is 141 cm³/mol. The molecule has 0 aromatic heterocycles. The molecule has 4 rings (SSSR count). The zero-order chi connectivity index (χ0) is 29.6. The van der Waals surface area contributed by atoms with Gasteiger partial charge in [0.05, 0.1) is 17.1 Å². The summed E-state index contributed by atoms with van der Waals surface area (Å²) in [6, 6.07) is 10.8. The minimum absolute atomic E-state index is 0.0451. The number of azo groups is 1. The second-order valence-electron chi connectivity index (χ2n) is 8.15. The molecule has 210 valence electrons. The maximum absolute atomic E-state index is 12.2. The highest BCUT2D eigenvalue weighted by atomic mass is 32.2. The lowest BCUT2D eigenvalue weighted by molar-refractivity contribution is -0.114. The van der Waals surface area contributed by atoms with Gasteiger partial charge < -0.3 is 16.2 Å². The average molecular weight is 611 g/mol. The normalized spacial score (nSPS) is 12.8. The molecule has 0 saturated heterocycles. The van der Waals surface area contributed by atoms with Crippen molar-refractivity contribution >= 4 is 74.9 Å². The quantitative estimate of drug-likeness (QED) is 0.130. The Morgan fingerprint density at radius 3 is 2.10 bits per heavy atom. The van der Waals surface area contributed by atoms with E-state index >= 15 is 0 Å². The Morgan fingerprint density at radius 2 is 1.50 bits per heavy atom. The molecule has 0 aliphatic heterocycles. The summed E-state index contributed by atoms with van der Waals surface area (Å²) in [6.07, 6.45) is 0. The number of amides is 1. The van der Waals surface area contributed by atoms with Gasteiger partial charge in [0, 0.05) is 10.8 Å². The molecule has 18 heteroatoms. The van der Waals surface area contributed by atoms with Crippen LogP contribution in [0.3, 0.4) is 0 Å². The number of carbonyl (C=O) groups excluding carboxylic acids is 1. The van der Waals surface area contributed by atoms with E-state index in [0.29, 0.717) is 11.5 Å². The zero-order valence-corrected chi connectivity index (χ0v) is 22.2. The van der Waals surface area contributed by atoms with Crippen LogP contribution < -0.4 is 11.1 Å². The van der Waals surface area contributed by atoms with Crippen LogP contribution in [0.1, 0.15) is 0 Å². The fourth-order valence-corrected chi connectivity index (χ4v) is 5.92. The molecule has 15 nitrogen and oxygen atoms in total. The van der Waals surface area contributed by atoms with Gasteiger partial charge in [-0.1, -0.05) is 30.3 Å². The number of nitrogens with two attached hydrogens (primary N) is 1. The van der Waals surface area contributed by atoms with Gasteiger partial charge in [-0.05, 0) is 35.0 Å². The molecule has 0 atom stereocenters. The molecule has 7 N–H and O–H groups in total. The van der Waals surface area contributed by atoms with Gasteiger partial charge in [0.25, 0.3) is 30.4 Å². The van der Waals surface area contributed by atoms with Crippen LogP contribution in [0.2, 0.25) is 0 Å². The summed E-state index contributed by atoms with van der Waals surface area (Å²) in [7, 11) is -15.0. The molecule has 0 aliphatic carbocycles. The van der Waals surface area contributed by atoms with Crippen LogP contribution in [0.4, 0.5) is 17.1 Å². The summed E-state index contributed by atoms with van der Waals surface area (Å²) in [5, 5.41) is 20.2. The SMILES string of the molecule is NCC(=O)Nc1cc(S(=O)(=O)O)cc2cc(S(=O)(=O)O)c(N=Nc3ccc4ccccc4c3S(=O)(=O)O)c(O)c12. The van der Waals surface area contributed by atoms with Gasteiger partial charge in [0.15, 0.2) is 5.75 Å². The summed E-state index contributed by atoms with van der Waals surface area (Å²) in [4.78, 5) is 9.38. The van der Waals surface area contributed by atoms with Gasteiger partial charge in [-0.15, -0.1) is 10.2 Å². The minimum Gasteiger partial charge on any atom is -0.505 e. The van der Waals surface area contributed by atoms with Crippen molar-refractivity contribution in [2.75, 3.05) is 11.9 Å². The monoisotopic (exact) mass is 610 g/mol. The molecule has 0 spiro atoms. The number of phenols is 1. The van der Waals surface area contributed by atoms with Crippen LogP contribution in [0.25, 0.3) is 21.5 Å². The van der Waals surface area contributed by atoms with E-state index in [1.807, 2.05) is 0 Å². The Labute approximate surface area is 226 Å². The number of benzene rings is 4. The molecular weight excluding hydrogens is 592 g/mol. The number of carbonyl (C=O) groups is 1. The Bertz CT molecular complexity index is 2080. The Morgan fingerprint density at radius 1 is 0.825 bits per heavy atom. The van der Waals surface area contributed by atoms with Crippen molar-refractivity contribution in [3.63, 3.8) is 0 Å². The first-order valence-electron chi connectivity index (χ1n) is 10.7. The summed E-state index contributed by atoms with van der Waals surface area (Å²) < 4.78 is 101. The Balaban J connectivity index is 2.08. The lowest BCUT2D eigenvalue weighted by Gasteiger charge is -2.14. The van der Waals surface area contributed by atoms with Crippen LogP contribution in [-0.2, 0) is 35.1 Å². The molecular formula is C22H18N4O11S3. The van der Waals surface area contributed by atoms with Crippen molar-refractivity contribution in [3.8, 4) is 5.75 Å². The van der Waals surface area contributed by atoms with E-state index < -0.39 is 91.1 Å². The highest BCUT2D eigenvalue weighted by molar-refractivity contribution is 7.86. The molecule has 4 aromatic rings. The largest absolute Gasteiger partial charge is 0.505 e. The number of phenolic OH excluding ortho intramolecular Hbond substituents is 1. The predicted octanol–water partition coefficient (Wildman–Crippen LogP) is 2.75. The van der Waals surface area contributed by atoms with Gasteiger partial charge in [-0.2, -0.15) is 25.3 Å². The number of fused-ring (bicyclic) bond motifs is 2. The maximum atomic E-state index is 12.2. The van der Waals surface area contributed by atoms with E-state index in [4.69, 9.17) is 5.73 Å². The number of rotatable bonds is 7. The molecule has 0 fully saturated rings. The summed E-state index contributed by atoms with van der Waals surface area (Å²) in [5.41, 5.74) is 3.43. The van der Waals surface area contributed by atoms with Gasteiger partial charge in [-0.3, -0.25) is 18.5 Å². The smallest absolute Gasteiger partial charge is 0.297 e. The van der Waals surface area contributed by atoms with E-state index in [9.17, 15) is 48.8 Å². The lowest BCUT2D eigenvalue weighted by Crippen LogP contribution is -2.22. The van der Waals surface area contributed by atoms with Crippen molar-refractivity contribution in [1.82, 2.24) is 0 Å². The van der Waals surface area contributed by atoms with Crippen LogP contribution >= 0.6 is 0 Å². The molecule has 40 heavy (non-hydrogen) atoms. The van der Waals surface area contributed by atoms with Crippen LogP contribution in [0.15, 0.2) is 79.5 Å². The Kier molecular flexibility index (Phi) is 7.36. The first kappa shape index (κ1) is 29.0. The summed E-state index contributed by atoms with van der Waals surface area (Å²) in [6.45, 7) is -0.589. The molecule has 0 bridgehead atoms. The van der Waals surface area contributed by atoms with E-state index in [2.05, 4.69) is 15.5 Å². The third-order valence-electron chi connectivity index (χ3n) is 5.53.